The molecule has 2 aliphatic rings. The first kappa shape index (κ1) is 18.4. The Kier molecular flexibility index (Phi) is 5.30. The Morgan fingerprint density at radius 2 is 1.85 bits per heavy atom. The van der Waals surface area contributed by atoms with E-state index >= 15 is 0 Å². The topological polar surface area (TPSA) is 75.0 Å². The Bertz CT molecular complexity index is 777. The Morgan fingerprint density at radius 3 is 2.38 bits per heavy atom. The zero-order valence-corrected chi connectivity index (χ0v) is 16.1. The molecule has 2 aliphatic heterocycles. The summed E-state index contributed by atoms with van der Waals surface area (Å²) >= 11 is 1.52. The van der Waals surface area contributed by atoms with Crippen LogP contribution < -0.4 is 14.2 Å². The highest BCUT2D eigenvalue weighted by Crippen LogP contribution is 2.46. The number of nitrogens with zero attached hydrogens (tertiary/aromatic N) is 3. The van der Waals surface area contributed by atoms with E-state index in [0.29, 0.717) is 29.5 Å². The van der Waals surface area contributed by atoms with Gasteiger partial charge in [-0.3, -0.25) is 14.6 Å². The van der Waals surface area contributed by atoms with Crippen molar-refractivity contribution in [1.29, 1.82) is 5.26 Å². The zero-order chi connectivity index (χ0) is 18.8. The van der Waals surface area contributed by atoms with E-state index in [0.717, 1.165) is 16.5 Å². The standard InChI is InChI=1S/C18H21N3O4S/c1-20-9-21-16(22)7-12(13(8-19)18(21)26-10-20)11-5-14(23-2)17(25-4)15(6-11)24-3/h5-6,12H,7,9-10H2,1-4H3/t12-/m1/s1. The monoisotopic (exact) mass is 375 g/mol. The second kappa shape index (κ2) is 7.48. The number of fused-ring (bicyclic) bond motifs is 1. The van der Waals surface area contributed by atoms with Gasteiger partial charge in [0.2, 0.25) is 11.7 Å². The molecule has 0 radical (unpaired) electrons. The van der Waals surface area contributed by atoms with Gasteiger partial charge in [0, 0.05) is 12.3 Å². The van der Waals surface area contributed by atoms with E-state index in [1.807, 2.05) is 24.1 Å². The molecule has 0 aliphatic carbocycles. The van der Waals surface area contributed by atoms with Gasteiger partial charge in [-0.2, -0.15) is 5.26 Å². The predicted molar refractivity (Wildman–Crippen MR) is 98.0 cm³/mol. The van der Waals surface area contributed by atoms with Crippen LogP contribution in [0, 0.1) is 11.3 Å². The van der Waals surface area contributed by atoms with Gasteiger partial charge in [0.25, 0.3) is 0 Å². The van der Waals surface area contributed by atoms with E-state index in [1.165, 1.54) is 11.8 Å². The summed E-state index contributed by atoms with van der Waals surface area (Å²) in [5.74, 6) is 1.93. The first-order chi connectivity index (χ1) is 12.5. The van der Waals surface area contributed by atoms with Crippen LogP contribution in [-0.4, -0.2) is 56.6 Å². The number of benzene rings is 1. The van der Waals surface area contributed by atoms with Crippen molar-refractivity contribution in [2.24, 2.45) is 0 Å². The highest BCUT2D eigenvalue weighted by atomic mass is 32.2. The first-order valence-corrected chi connectivity index (χ1v) is 9.08. The van der Waals surface area contributed by atoms with Crippen LogP contribution in [-0.2, 0) is 4.79 Å². The van der Waals surface area contributed by atoms with Gasteiger partial charge in [-0.1, -0.05) is 11.8 Å². The smallest absolute Gasteiger partial charge is 0.229 e. The van der Waals surface area contributed by atoms with Gasteiger partial charge in [-0.15, -0.1) is 0 Å². The van der Waals surface area contributed by atoms with Crippen LogP contribution in [0.25, 0.3) is 0 Å². The third-order valence-corrected chi connectivity index (χ3v) is 5.80. The molecule has 0 aromatic heterocycles. The lowest BCUT2D eigenvalue weighted by Gasteiger charge is -2.40. The number of carbonyl (C=O) groups excluding carboxylic acids is 1. The fourth-order valence-electron chi connectivity index (χ4n) is 3.26. The molecule has 1 aromatic carbocycles. The van der Waals surface area contributed by atoms with Gasteiger partial charge in [-0.05, 0) is 24.7 Å². The van der Waals surface area contributed by atoms with Crippen LogP contribution in [0.1, 0.15) is 17.9 Å². The summed E-state index contributed by atoms with van der Waals surface area (Å²) in [4.78, 5) is 16.4. The normalized spacial score (nSPS) is 20.5. The third-order valence-electron chi connectivity index (χ3n) is 4.52. The predicted octanol–water partition coefficient (Wildman–Crippen LogP) is 2.36. The first-order valence-electron chi connectivity index (χ1n) is 8.09. The summed E-state index contributed by atoms with van der Waals surface area (Å²) < 4.78 is 16.2. The maximum absolute atomic E-state index is 12.7. The van der Waals surface area contributed by atoms with E-state index in [2.05, 4.69) is 6.07 Å². The molecular formula is C18H21N3O4S. The Labute approximate surface area is 157 Å². The molecule has 3 rings (SSSR count). The summed E-state index contributed by atoms with van der Waals surface area (Å²) in [6, 6.07) is 5.95. The molecule has 1 aromatic rings. The molecule has 138 valence electrons. The lowest BCUT2D eigenvalue weighted by atomic mass is 9.86. The van der Waals surface area contributed by atoms with Crippen molar-refractivity contribution in [1.82, 2.24) is 9.80 Å². The summed E-state index contributed by atoms with van der Waals surface area (Å²) in [5, 5.41) is 10.6. The Balaban J connectivity index is 2.10. The second-order valence-corrected chi connectivity index (χ2v) is 7.07. The number of hydrogen-bond donors (Lipinski definition) is 0. The van der Waals surface area contributed by atoms with Crippen LogP contribution in [0.2, 0.25) is 0 Å². The molecule has 0 saturated carbocycles. The minimum Gasteiger partial charge on any atom is -0.493 e. The van der Waals surface area contributed by atoms with Crippen LogP contribution in [0.15, 0.2) is 22.7 Å². The van der Waals surface area contributed by atoms with Crippen molar-refractivity contribution < 1.29 is 19.0 Å². The minimum atomic E-state index is -0.330. The van der Waals surface area contributed by atoms with E-state index in [-0.39, 0.29) is 18.2 Å². The van der Waals surface area contributed by atoms with Crippen LogP contribution in [0.4, 0.5) is 0 Å². The highest BCUT2D eigenvalue weighted by molar-refractivity contribution is 8.03. The van der Waals surface area contributed by atoms with Crippen molar-refractivity contribution in [3.05, 3.63) is 28.3 Å². The molecule has 0 N–H and O–H groups in total. The van der Waals surface area contributed by atoms with E-state index in [1.54, 1.807) is 26.2 Å². The van der Waals surface area contributed by atoms with E-state index in [4.69, 9.17) is 14.2 Å². The number of thioether (sulfide) groups is 1. The van der Waals surface area contributed by atoms with Crippen LogP contribution in [0.3, 0.4) is 0 Å². The molecule has 1 saturated heterocycles. The number of amides is 1. The fourth-order valence-corrected chi connectivity index (χ4v) is 4.34. The molecule has 1 fully saturated rings. The molecule has 1 atom stereocenters. The number of hydrogen-bond acceptors (Lipinski definition) is 7. The fraction of sp³-hybridized carbons (Fsp3) is 0.444. The number of ether oxygens (including phenoxy) is 3. The van der Waals surface area contributed by atoms with Gasteiger partial charge >= 0.3 is 0 Å². The second-order valence-electron chi connectivity index (χ2n) is 6.14. The number of rotatable bonds is 4. The number of nitriles is 1. The highest BCUT2D eigenvalue weighted by Gasteiger charge is 2.38. The largest absolute Gasteiger partial charge is 0.493 e. The molecule has 8 heteroatoms. The molecule has 7 nitrogen and oxygen atoms in total. The zero-order valence-electron chi connectivity index (χ0n) is 15.2. The maximum Gasteiger partial charge on any atom is 0.229 e. The molecule has 26 heavy (non-hydrogen) atoms. The summed E-state index contributed by atoms with van der Waals surface area (Å²) in [6.07, 6.45) is 0.236. The minimum absolute atomic E-state index is 0.0109. The van der Waals surface area contributed by atoms with E-state index < -0.39 is 0 Å². The number of methoxy groups -OCH3 is 3. The van der Waals surface area contributed by atoms with Gasteiger partial charge in [0.05, 0.1) is 50.5 Å². The van der Waals surface area contributed by atoms with Crippen molar-refractivity contribution in [2.45, 2.75) is 12.3 Å². The quantitative estimate of drug-likeness (QED) is 0.800. The Hall–Kier alpha value is -2.37. The van der Waals surface area contributed by atoms with Gasteiger partial charge in [0.15, 0.2) is 11.5 Å². The summed E-state index contributed by atoms with van der Waals surface area (Å²) in [7, 11) is 6.59. The van der Waals surface area contributed by atoms with Crippen LogP contribution >= 0.6 is 11.8 Å². The molecule has 0 unspecified atom stereocenters. The SMILES string of the molecule is COc1cc([C@H]2CC(=O)N3CN(C)CSC3=C2C#N)cc(OC)c1OC. The van der Waals surface area contributed by atoms with E-state index in [9.17, 15) is 10.1 Å². The van der Waals surface area contributed by atoms with Gasteiger partial charge < -0.3 is 14.2 Å². The molecule has 2 heterocycles. The lowest BCUT2D eigenvalue weighted by Crippen LogP contribution is -2.45. The number of allylic oxidation sites excluding steroid dienone is 1. The van der Waals surface area contributed by atoms with Crippen LogP contribution in [0.5, 0.6) is 17.2 Å². The lowest BCUT2D eigenvalue weighted by molar-refractivity contribution is -0.131. The summed E-state index contributed by atoms with van der Waals surface area (Å²) in [6.45, 7) is 0.508. The van der Waals surface area contributed by atoms with Crippen molar-refractivity contribution in [3.8, 4) is 23.3 Å². The van der Waals surface area contributed by atoms with Crippen molar-refractivity contribution in [2.75, 3.05) is 40.9 Å². The average Bonchev–Trinajstić information content (AvgIpc) is 2.66. The molecular weight excluding hydrogens is 354 g/mol. The number of carbonyl (C=O) groups is 1. The molecule has 1 amide bonds. The summed E-state index contributed by atoms with van der Waals surface area (Å²) in [5.41, 5.74) is 1.41. The van der Waals surface area contributed by atoms with Gasteiger partial charge in [-0.25, -0.2) is 0 Å². The molecule has 0 spiro atoms. The van der Waals surface area contributed by atoms with Crippen molar-refractivity contribution >= 4 is 17.7 Å². The third kappa shape index (κ3) is 3.08. The molecule has 0 bridgehead atoms. The Morgan fingerprint density at radius 1 is 1.19 bits per heavy atom. The average molecular weight is 375 g/mol. The maximum atomic E-state index is 12.7. The van der Waals surface area contributed by atoms with Crippen molar-refractivity contribution in [3.63, 3.8) is 0 Å². The van der Waals surface area contributed by atoms with Gasteiger partial charge in [0.1, 0.15) is 0 Å².